The molecule has 3 heteroatoms. The van der Waals surface area contributed by atoms with E-state index in [1.165, 1.54) is 0 Å². The first-order valence-corrected chi connectivity index (χ1v) is 6.71. The van der Waals surface area contributed by atoms with E-state index in [0.717, 1.165) is 44.3 Å². The van der Waals surface area contributed by atoms with Crippen molar-refractivity contribution in [2.45, 2.75) is 37.1 Å². The minimum Gasteiger partial charge on any atom is -0.330 e. The maximum atomic E-state index is 9.42. The third kappa shape index (κ3) is 2.72. The molecule has 0 spiro atoms. The van der Waals surface area contributed by atoms with Crippen molar-refractivity contribution in [3.05, 3.63) is 35.9 Å². The van der Waals surface area contributed by atoms with Crippen molar-refractivity contribution in [2.75, 3.05) is 13.1 Å². The monoisotopic (exact) mass is 243 g/mol. The molecule has 1 aliphatic carbocycles. The highest BCUT2D eigenvalue weighted by atomic mass is 14.9. The van der Waals surface area contributed by atoms with Gasteiger partial charge in [-0.2, -0.15) is 5.26 Å². The van der Waals surface area contributed by atoms with E-state index in [-0.39, 0.29) is 5.41 Å². The summed E-state index contributed by atoms with van der Waals surface area (Å²) in [5.74, 6) is 0. The van der Waals surface area contributed by atoms with Crippen molar-refractivity contribution in [1.82, 2.24) is 5.32 Å². The van der Waals surface area contributed by atoms with Gasteiger partial charge in [-0.15, -0.1) is 0 Å². The van der Waals surface area contributed by atoms with Crippen molar-refractivity contribution >= 4 is 0 Å². The highest BCUT2D eigenvalue weighted by Crippen LogP contribution is 2.43. The number of nitrogens with two attached hydrogens (primary N) is 1. The second-order valence-electron chi connectivity index (χ2n) is 5.12. The van der Waals surface area contributed by atoms with Crippen LogP contribution >= 0.6 is 0 Å². The Morgan fingerprint density at radius 3 is 2.61 bits per heavy atom. The fraction of sp³-hybridized carbons (Fsp3) is 0.533. The van der Waals surface area contributed by atoms with Crippen molar-refractivity contribution in [1.29, 1.82) is 5.26 Å². The lowest BCUT2D eigenvalue weighted by Gasteiger charge is -2.43. The number of hydrogen-bond donors (Lipinski definition) is 2. The first kappa shape index (κ1) is 13.1. The van der Waals surface area contributed by atoms with Gasteiger partial charge in [0, 0.05) is 6.04 Å². The summed E-state index contributed by atoms with van der Waals surface area (Å²) in [6.45, 7) is 1.77. The van der Waals surface area contributed by atoms with E-state index >= 15 is 0 Å². The molecule has 1 saturated carbocycles. The van der Waals surface area contributed by atoms with E-state index in [0.29, 0.717) is 6.04 Å². The van der Waals surface area contributed by atoms with Gasteiger partial charge in [0.05, 0.1) is 11.5 Å². The molecule has 0 unspecified atom stereocenters. The van der Waals surface area contributed by atoms with Gasteiger partial charge in [0.1, 0.15) is 0 Å². The average Bonchev–Trinajstić information content (AvgIpc) is 2.38. The van der Waals surface area contributed by atoms with Gasteiger partial charge < -0.3 is 11.1 Å². The molecule has 3 N–H and O–H groups in total. The number of nitriles is 1. The van der Waals surface area contributed by atoms with Gasteiger partial charge in [0.15, 0.2) is 0 Å². The highest BCUT2D eigenvalue weighted by Gasteiger charge is 2.45. The predicted molar refractivity (Wildman–Crippen MR) is 73.0 cm³/mol. The van der Waals surface area contributed by atoms with E-state index in [4.69, 9.17) is 5.73 Å². The maximum absolute atomic E-state index is 9.42. The van der Waals surface area contributed by atoms with Crippen LogP contribution in [-0.4, -0.2) is 19.1 Å². The van der Waals surface area contributed by atoms with Gasteiger partial charge in [-0.05, 0) is 44.3 Å². The first-order chi connectivity index (χ1) is 8.80. The quantitative estimate of drug-likeness (QED) is 0.751. The molecule has 0 aromatic heterocycles. The molecule has 0 radical (unpaired) electrons. The van der Waals surface area contributed by atoms with Crippen molar-refractivity contribution in [3.8, 4) is 6.07 Å². The second-order valence-corrected chi connectivity index (χ2v) is 5.12. The molecule has 96 valence electrons. The van der Waals surface area contributed by atoms with Crippen molar-refractivity contribution in [3.63, 3.8) is 0 Å². The van der Waals surface area contributed by atoms with E-state index in [9.17, 15) is 5.26 Å². The molecule has 1 aromatic carbocycles. The number of rotatable bonds is 6. The Morgan fingerprint density at radius 1 is 1.28 bits per heavy atom. The number of nitrogens with one attached hydrogen (secondary N) is 1. The van der Waals surface area contributed by atoms with Gasteiger partial charge in [-0.1, -0.05) is 30.3 Å². The van der Waals surface area contributed by atoms with E-state index in [2.05, 4.69) is 23.5 Å². The van der Waals surface area contributed by atoms with Gasteiger partial charge in [0.2, 0.25) is 0 Å². The minimum atomic E-state index is -0.257. The summed E-state index contributed by atoms with van der Waals surface area (Å²) >= 11 is 0. The van der Waals surface area contributed by atoms with Crippen LogP contribution in [0.3, 0.4) is 0 Å². The Morgan fingerprint density at radius 2 is 2.00 bits per heavy atom. The summed E-state index contributed by atoms with van der Waals surface area (Å²) in [5.41, 5.74) is 6.36. The zero-order valence-corrected chi connectivity index (χ0v) is 10.7. The number of unbranched alkanes of at least 4 members (excludes halogenated alkanes) is 1. The molecule has 0 aliphatic heterocycles. The van der Waals surface area contributed by atoms with E-state index < -0.39 is 0 Å². The summed E-state index contributed by atoms with van der Waals surface area (Å²) in [5, 5.41) is 12.9. The molecule has 0 atom stereocenters. The molecule has 2 rings (SSSR count). The molecule has 18 heavy (non-hydrogen) atoms. The summed E-state index contributed by atoms with van der Waals surface area (Å²) in [4.78, 5) is 0. The summed E-state index contributed by atoms with van der Waals surface area (Å²) in [7, 11) is 0. The number of nitrogens with zero attached hydrogens (tertiary/aromatic N) is 1. The minimum absolute atomic E-state index is 0.257. The third-order valence-corrected chi connectivity index (χ3v) is 3.79. The summed E-state index contributed by atoms with van der Waals surface area (Å²) in [6.07, 6.45) is 4.05. The topological polar surface area (TPSA) is 61.8 Å². The Bertz CT molecular complexity index is 401. The Labute approximate surface area is 109 Å². The summed E-state index contributed by atoms with van der Waals surface area (Å²) in [6, 6.07) is 13.1. The largest absolute Gasteiger partial charge is 0.330 e. The predicted octanol–water partition coefficient (Wildman–Crippen LogP) is 1.94. The molecule has 3 nitrogen and oxygen atoms in total. The van der Waals surface area contributed by atoms with Crippen LogP contribution in [0.5, 0.6) is 0 Å². The maximum Gasteiger partial charge on any atom is 0.0852 e. The third-order valence-electron chi connectivity index (χ3n) is 3.79. The van der Waals surface area contributed by atoms with Gasteiger partial charge in [0.25, 0.3) is 0 Å². The molecule has 0 saturated heterocycles. The van der Waals surface area contributed by atoms with Crippen LogP contribution in [0.25, 0.3) is 0 Å². The summed E-state index contributed by atoms with van der Waals surface area (Å²) < 4.78 is 0. The molecular weight excluding hydrogens is 222 g/mol. The second kappa shape index (κ2) is 5.99. The first-order valence-electron chi connectivity index (χ1n) is 6.71. The molecule has 0 bridgehead atoms. The van der Waals surface area contributed by atoms with Crippen LogP contribution < -0.4 is 11.1 Å². The van der Waals surface area contributed by atoms with Gasteiger partial charge in [-0.25, -0.2) is 0 Å². The van der Waals surface area contributed by atoms with Crippen LogP contribution in [0.1, 0.15) is 31.2 Å². The zero-order valence-electron chi connectivity index (χ0n) is 10.7. The SMILES string of the molecule is N#CC1(c2ccccc2)CC(NCCCCN)C1. The number of benzene rings is 1. The van der Waals surface area contributed by atoms with E-state index in [1.54, 1.807) is 0 Å². The normalized spacial score (nSPS) is 26.3. The molecule has 0 amide bonds. The van der Waals surface area contributed by atoms with Gasteiger partial charge >= 0.3 is 0 Å². The lowest BCUT2D eigenvalue weighted by Crippen LogP contribution is -2.51. The zero-order chi connectivity index (χ0) is 12.8. The highest BCUT2D eigenvalue weighted by molar-refractivity contribution is 5.36. The fourth-order valence-electron chi connectivity index (χ4n) is 2.65. The van der Waals surface area contributed by atoms with Crippen LogP contribution in [0.2, 0.25) is 0 Å². The smallest absolute Gasteiger partial charge is 0.0852 e. The lowest BCUT2D eigenvalue weighted by atomic mass is 9.62. The van der Waals surface area contributed by atoms with Crippen LogP contribution in [0.15, 0.2) is 30.3 Å². The van der Waals surface area contributed by atoms with Crippen LogP contribution in [0, 0.1) is 11.3 Å². The molecular formula is C15H21N3. The lowest BCUT2D eigenvalue weighted by molar-refractivity contribution is 0.226. The van der Waals surface area contributed by atoms with Crippen LogP contribution in [0.4, 0.5) is 0 Å². The van der Waals surface area contributed by atoms with Crippen LogP contribution in [-0.2, 0) is 5.41 Å². The Kier molecular flexibility index (Phi) is 4.35. The average molecular weight is 243 g/mol. The molecule has 1 fully saturated rings. The number of hydrogen-bond acceptors (Lipinski definition) is 3. The van der Waals surface area contributed by atoms with Crippen molar-refractivity contribution in [2.24, 2.45) is 5.73 Å². The van der Waals surface area contributed by atoms with Crippen molar-refractivity contribution < 1.29 is 0 Å². The van der Waals surface area contributed by atoms with E-state index in [1.807, 2.05) is 18.2 Å². The molecule has 1 aromatic rings. The standard InChI is InChI=1S/C15H21N3/c16-8-4-5-9-18-14-10-15(11-14,12-17)13-6-2-1-3-7-13/h1-3,6-7,14,18H,4-5,8-11,16H2. The molecule has 1 aliphatic rings. The Balaban J connectivity index is 1.83. The molecule has 0 heterocycles. The fourth-order valence-corrected chi connectivity index (χ4v) is 2.65. The van der Waals surface area contributed by atoms with Gasteiger partial charge in [-0.3, -0.25) is 0 Å². The Hall–Kier alpha value is -1.37.